The summed E-state index contributed by atoms with van der Waals surface area (Å²) in [5.41, 5.74) is 7.41. The molecular weight excluding hydrogens is 500 g/mol. The smallest absolute Gasteiger partial charge is 0.255 e. The molecule has 0 radical (unpaired) electrons. The molecule has 2 aromatic rings. The lowest BCUT2D eigenvalue weighted by Crippen LogP contribution is -2.43. The summed E-state index contributed by atoms with van der Waals surface area (Å²) in [5, 5.41) is 34.7. The van der Waals surface area contributed by atoms with Gasteiger partial charge < -0.3 is 26.4 Å². The van der Waals surface area contributed by atoms with E-state index in [1.165, 1.54) is 6.07 Å². The van der Waals surface area contributed by atoms with Crippen LogP contribution < -0.4 is 11.1 Å². The van der Waals surface area contributed by atoms with E-state index in [1.54, 1.807) is 30.3 Å². The largest absolute Gasteiger partial charge is 0.511 e. The minimum absolute atomic E-state index is 0.0219. The summed E-state index contributed by atoms with van der Waals surface area (Å²) in [7, 11) is 0. The van der Waals surface area contributed by atoms with E-state index in [0.29, 0.717) is 29.7 Å². The van der Waals surface area contributed by atoms with Gasteiger partial charge in [0.25, 0.3) is 5.91 Å². The van der Waals surface area contributed by atoms with Crippen molar-refractivity contribution in [2.75, 3.05) is 11.2 Å². The molecule has 10 heteroatoms. The Labute approximate surface area is 216 Å². The van der Waals surface area contributed by atoms with Crippen LogP contribution in [0, 0.1) is 17.8 Å². The van der Waals surface area contributed by atoms with Crippen LogP contribution in [0.15, 0.2) is 59.1 Å². The molecule has 2 amide bonds. The van der Waals surface area contributed by atoms with Gasteiger partial charge >= 0.3 is 0 Å². The van der Waals surface area contributed by atoms with Crippen molar-refractivity contribution in [2.24, 2.45) is 23.5 Å². The van der Waals surface area contributed by atoms with Crippen LogP contribution in [0.5, 0.6) is 5.75 Å². The molecule has 0 heterocycles. The van der Waals surface area contributed by atoms with Gasteiger partial charge in [-0.15, -0.1) is 11.6 Å². The molecule has 1 unspecified atom stereocenters. The molecule has 2 aromatic carbocycles. The second kappa shape index (κ2) is 9.08. The van der Waals surface area contributed by atoms with E-state index in [4.69, 9.17) is 17.3 Å². The molecule has 6 N–H and O–H groups in total. The van der Waals surface area contributed by atoms with Crippen LogP contribution in [-0.2, 0) is 20.8 Å². The maximum atomic E-state index is 13.6. The predicted octanol–water partition coefficient (Wildman–Crippen LogP) is 3.31. The van der Waals surface area contributed by atoms with E-state index in [2.05, 4.69) is 5.32 Å². The number of aromatic hydroxyl groups is 1. The summed E-state index contributed by atoms with van der Waals surface area (Å²) in [6.45, 7) is 0. The first kappa shape index (κ1) is 24.6. The van der Waals surface area contributed by atoms with E-state index < -0.39 is 52.3 Å². The predicted molar refractivity (Wildman–Crippen MR) is 134 cm³/mol. The number of benzene rings is 2. The number of halogens is 1. The molecule has 37 heavy (non-hydrogen) atoms. The number of allylic oxidation sites excluding steroid dienone is 3. The van der Waals surface area contributed by atoms with Gasteiger partial charge in [0.1, 0.15) is 28.7 Å². The maximum Gasteiger partial charge on any atom is 0.255 e. The number of hydrogen-bond donors (Lipinski definition) is 5. The number of primary amides is 1. The fourth-order valence-corrected chi connectivity index (χ4v) is 5.90. The standard InChI is InChI=1S/C27H23ClN2O7/c28-10-19(33)30-14-3-1-11(2-4-14)15-5-6-17(31)22-16(15)8-12-7-13-9-18(32)23(27(29)37)26(36)21(13)24(34)20(12)25(22)35/h1-6,12-13,21,31-32,34H,7-10H2,(H2,29,37)(H,30,33)/t12-,13+,21?/m1/s1. The molecule has 0 saturated heterocycles. The van der Waals surface area contributed by atoms with Crippen LogP contribution in [0.4, 0.5) is 5.69 Å². The number of nitrogens with two attached hydrogens (primary N) is 1. The lowest BCUT2D eigenvalue weighted by molar-refractivity contribution is -0.126. The van der Waals surface area contributed by atoms with Crippen molar-refractivity contribution in [3.8, 4) is 16.9 Å². The third-order valence-electron chi connectivity index (χ3n) is 7.37. The van der Waals surface area contributed by atoms with Crippen LogP contribution in [0.1, 0.15) is 28.8 Å². The number of hydrogen-bond acceptors (Lipinski definition) is 7. The van der Waals surface area contributed by atoms with Crippen molar-refractivity contribution in [1.82, 2.24) is 0 Å². The van der Waals surface area contributed by atoms with Gasteiger partial charge in [0.15, 0.2) is 11.6 Å². The molecule has 3 atom stereocenters. The molecule has 190 valence electrons. The Bertz CT molecular complexity index is 1440. The molecule has 3 aliphatic rings. The van der Waals surface area contributed by atoms with Crippen LogP contribution in [-0.4, -0.2) is 44.6 Å². The zero-order valence-corrected chi connectivity index (χ0v) is 20.2. The van der Waals surface area contributed by atoms with Crippen LogP contribution in [0.25, 0.3) is 11.1 Å². The fraction of sp³-hybridized carbons (Fsp3) is 0.259. The molecule has 9 nitrogen and oxygen atoms in total. The van der Waals surface area contributed by atoms with Crippen molar-refractivity contribution >= 4 is 40.7 Å². The van der Waals surface area contributed by atoms with Gasteiger partial charge in [-0.1, -0.05) is 18.2 Å². The molecular formula is C27H23ClN2O7. The topological polar surface area (TPSA) is 167 Å². The van der Waals surface area contributed by atoms with Gasteiger partial charge in [-0.05, 0) is 59.6 Å². The van der Waals surface area contributed by atoms with E-state index in [1.807, 2.05) is 0 Å². The number of alkyl halides is 1. The quantitative estimate of drug-likeness (QED) is 0.303. The zero-order valence-electron chi connectivity index (χ0n) is 19.5. The normalized spacial score (nSPS) is 22.8. The summed E-state index contributed by atoms with van der Waals surface area (Å²) in [4.78, 5) is 49.9. The first-order chi connectivity index (χ1) is 17.6. The molecule has 0 spiro atoms. The third kappa shape index (κ3) is 3.95. The Morgan fingerprint density at radius 3 is 2.38 bits per heavy atom. The Hall–Kier alpha value is -4.11. The monoisotopic (exact) mass is 522 g/mol. The highest BCUT2D eigenvalue weighted by molar-refractivity contribution is 6.29. The van der Waals surface area contributed by atoms with Gasteiger partial charge in [-0.3, -0.25) is 19.2 Å². The van der Waals surface area contributed by atoms with Crippen LogP contribution >= 0.6 is 11.6 Å². The number of phenolic OH excluding ortho intramolecular Hbond substituents is 1. The second-order valence-electron chi connectivity index (χ2n) is 9.50. The number of aliphatic hydroxyl groups is 2. The van der Waals surface area contributed by atoms with Gasteiger partial charge in [-0.25, -0.2) is 0 Å². The summed E-state index contributed by atoms with van der Waals surface area (Å²) in [6, 6.07) is 10.0. The SMILES string of the molecule is NC(=O)C1=C(O)C[C@@H]2C[C@@H]3Cc4c(-c5ccc(NC(=O)CCl)cc5)ccc(O)c4C(=O)C3=C(O)C2C1=O. The average molecular weight is 523 g/mol. The van der Waals surface area contributed by atoms with E-state index in [0.717, 1.165) is 5.56 Å². The van der Waals surface area contributed by atoms with Crippen molar-refractivity contribution in [3.63, 3.8) is 0 Å². The highest BCUT2D eigenvalue weighted by Gasteiger charge is 2.50. The number of aliphatic hydroxyl groups excluding tert-OH is 2. The Morgan fingerprint density at radius 2 is 1.73 bits per heavy atom. The van der Waals surface area contributed by atoms with Crippen molar-refractivity contribution < 1.29 is 34.5 Å². The summed E-state index contributed by atoms with van der Waals surface area (Å²) < 4.78 is 0. The third-order valence-corrected chi connectivity index (χ3v) is 7.61. The Morgan fingerprint density at radius 1 is 1.03 bits per heavy atom. The fourth-order valence-electron chi connectivity index (χ4n) is 5.84. The molecule has 0 fully saturated rings. The van der Waals surface area contributed by atoms with Gasteiger partial charge in [-0.2, -0.15) is 0 Å². The first-order valence-electron chi connectivity index (χ1n) is 11.7. The molecule has 0 aliphatic heterocycles. The van der Waals surface area contributed by atoms with Gasteiger partial charge in [0.2, 0.25) is 5.91 Å². The molecule has 0 saturated carbocycles. The average Bonchev–Trinajstić information content (AvgIpc) is 2.84. The van der Waals surface area contributed by atoms with E-state index >= 15 is 0 Å². The van der Waals surface area contributed by atoms with E-state index in [-0.39, 0.29) is 35.1 Å². The van der Waals surface area contributed by atoms with Gasteiger partial charge in [0.05, 0.1) is 11.5 Å². The number of carbonyl (C=O) groups excluding carboxylic acids is 4. The maximum absolute atomic E-state index is 13.6. The molecule has 0 bridgehead atoms. The highest BCUT2D eigenvalue weighted by atomic mass is 35.5. The lowest BCUT2D eigenvalue weighted by Gasteiger charge is -2.41. The van der Waals surface area contributed by atoms with Crippen molar-refractivity contribution in [2.45, 2.75) is 19.3 Å². The highest BCUT2D eigenvalue weighted by Crippen LogP contribution is 2.50. The number of rotatable bonds is 4. The summed E-state index contributed by atoms with van der Waals surface area (Å²) in [5.74, 6) is -6.21. The number of ketones is 2. The number of nitrogens with one attached hydrogen (secondary N) is 1. The summed E-state index contributed by atoms with van der Waals surface area (Å²) >= 11 is 5.54. The number of fused-ring (bicyclic) bond motifs is 3. The number of anilines is 1. The minimum atomic E-state index is -1.16. The van der Waals surface area contributed by atoms with Gasteiger partial charge in [0, 0.05) is 17.7 Å². The number of phenols is 1. The Balaban J connectivity index is 1.56. The number of amides is 2. The molecule has 0 aromatic heterocycles. The number of carbonyl (C=O) groups is 4. The van der Waals surface area contributed by atoms with E-state index in [9.17, 15) is 34.5 Å². The number of Topliss-reactive ketones (excluding diaryl/α,β-unsaturated/α-hetero) is 2. The summed E-state index contributed by atoms with van der Waals surface area (Å²) in [6.07, 6.45) is 0.598. The van der Waals surface area contributed by atoms with Crippen LogP contribution in [0.2, 0.25) is 0 Å². The second-order valence-corrected chi connectivity index (χ2v) is 9.77. The zero-order chi connectivity index (χ0) is 26.6. The van der Waals surface area contributed by atoms with Crippen LogP contribution in [0.3, 0.4) is 0 Å². The van der Waals surface area contributed by atoms with Crippen molar-refractivity contribution in [3.05, 3.63) is 70.2 Å². The van der Waals surface area contributed by atoms with Crippen molar-refractivity contribution in [1.29, 1.82) is 0 Å². The first-order valence-corrected chi connectivity index (χ1v) is 12.2. The Kier molecular flexibility index (Phi) is 6.03. The molecule has 5 rings (SSSR count). The molecule has 3 aliphatic carbocycles. The minimum Gasteiger partial charge on any atom is -0.511 e. The lowest BCUT2D eigenvalue weighted by atomic mass is 9.62.